The molecule has 0 saturated heterocycles. The van der Waals surface area contributed by atoms with Gasteiger partial charge in [0.25, 0.3) is 0 Å². The molecule has 4 nitrogen and oxygen atoms in total. The molecule has 1 aromatic heterocycles. The number of aromatic nitrogens is 2. The smallest absolute Gasteiger partial charge is 0.203 e. The SMILES string of the molecule is NCCc1nnc(N)s1. The average molecular weight is 144 g/mol. The van der Waals surface area contributed by atoms with Crippen molar-refractivity contribution in [1.82, 2.24) is 10.2 Å². The molecule has 5 heteroatoms. The van der Waals surface area contributed by atoms with Crippen LogP contribution in [0.5, 0.6) is 0 Å². The maximum absolute atomic E-state index is 5.31. The average Bonchev–Trinajstić information content (AvgIpc) is 2.17. The molecule has 0 spiro atoms. The Kier molecular flexibility index (Phi) is 1.96. The lowest BCUT2D eigenvalue weighted by Crippen LogP contribution is -2.01. The normalized spacial score (nSPS) is 9.89. The molecule has 1 heterocycles. The lowest BCUT2D eigenvalue weighted by Gasteiger charge is -1.83. The zero-order valence-corrected chi connectivity index (χ0v) is 5.69. The van der Waals surface area contributed by atoms with Crippen molar-refractivity contribution in [3.05, 3.63) is 5.01 Å². The minimum absolute atomic E-state index is 0.512. The number of nitrogens with two attached hydrogens (primary N) is 2. The third kappa shape index (κ3) is 1.62. The quantitative estimate of drug-likeness (QED) is 0.593. The third-order valence-electron chi connectivity index (χ3n) is 0.841. The summed E-state index contributed by atoms with van der Waals surface area (Å²) in [5, 5.41) is 8.82. The predicted octanol–water partition coefficient (Wildman–Crippen LogP) is -0.379. The Morgan fingerprint density at radius 1 is 1.44 bits per heavy atom. The Labute approximate surface area is 56.9 Å². The van der Waals surface area contributed by atoms with Crippen LogP contribution in [-0.2, 0) is 6.42 Å². The van der Waals surface area contributed by atoms with E-state index >= 15 is 0 Å². The fourth-order valence-electron chi connectivity index (χ4n) is 0.491. The van der Waals surface area contributed by atoms with Gasteiger partial charge in [0, 0.05) is 6.42 Å². The van der Waals surface area contributed by atoms with Crippen LogP contribution in [-0.4, -0.2) is 16.7 Å². The molecule has 0 unspecified atom stereocenters. The number of rotatable bonds is 2. The summed E-state index contributed by atoms with van der Waals surface area (Å²) in [5.41, 5.74) is 10.6. The van der Waals surface area contributed by atoms with E-state index in [-0.39, 0.29) is 0 Å². The summed E-state index contributed by atoms with van der Waals surface area (Å²) in [5.74, 6) is 0. The van der Waals surface area contributed by atoms with Gasteiger partial charge in [0.1, 0.15) is 5.01 Å². The van der Waals surface area contributed by atoms with Gasteiger partial charge in [-0.15, -0.1) is 10.2 Å². The molecule has 0 bridgehead atoms. The fourth-order valence-corrected chi connectivity index (χ4v) is 1.12. The summed E-state index contributed by atoms with van der Waals surface area (Å²) >= 11 is 1.39. The van der Waals surface area contributed by atoms with Crippen molar-refractivity contribution in [2.75, 3.05) is 12.3 Å². The van der Waals surface area contributed by atoms with Gasteiger partial charge in [0.2, 0.25) is 5.13 Å². The second-order valence-corrected chi connectivity index (χ2v) is 2.67. The number of hydrogen-bond donors (Lipinski definition) is 2. The summed E-state index contributed by atoms with van der Waals surface area (Å²) in [6.07, 6.45) is 0.773. The Morgan fingerprint density at radius 2 is 2.22 bits per heavy atom. The van der Waals surface area contributed by atoms with Crippen molar-refractivity contribution >= 4 is 16.5 Å². The Hall–Kier alpha value is -0.680. The van der Waals surface area contributed by atoms with Crippen LogP contribution in [0.1, 0.15) is 5.01 Å². The third-order valence-corrected chi connectivity index (χ3v) is 1.65. The van der Waals surface area contributed by atoms with Gasteiger partial charge in [-0.1, -0.05) is 11.3 Å². The molecule has 1 rings (SSSR count). The molecule has 0 atom stereocenters. The van der Waals surface area contributed by atoms with Crippen molar-refractivity contribution in [2.45, 2.75) is 6.42 Å². The van der Waals surface area contributed by atoms with Gasteiger partial charge in [0.05, 0.1) is 0 Å². The maximum atomic E-state index is 5.31. The highest BCUT2D eigenvalue weighted by Gasteiger charge is 1.96. The largest absolute Gasteiger partial charge is 0.374 e. The summed E-state index contributed by atoms with van der Waals surface area (Å²) in [4.78, 5) is 0. The Morgan fingerprint density at radius 3 is 2.67 bits per heavy atom. The first-order valence-electron chi connectivity index (χ1n) is 2.61. The Bertz CT molecular complexity index is 184. The number of nitrogens with zero attached hydrogens (tertiary/aromatic N) is 2. The first-order valence-corrected chi connectivity index (χ1v) is 3.42. The van der Waals surface area contributed by atoms with E-state index in [1.807, 2.05) is 0 Å². The second-order valence-electron chi connectivity index (χ2n) is 1.57. The summed E-state index contributed by atoms with van der Waals surface area (Å²) < 4.78 is 0. The predicted molar refractivity (Wildman–Crippen MR) is 37.1 cm³/mol. The van der Waals surface area contributed by atoms with E-state index in [1.165, 1.54) is 11.3 Å². The molecule has 0 radical (unpaired) electrons. The minimum atomic E-state index is 0.512. The topological polar surface area (TPSA) is 77.8 Å². The van der Waals surface area contributed by atoms with E-state index in [9.17, 15) is 0 Å². The lowest BCUT2D eigenvalue weighted by atomic mass is 10.5. The number of anilines is 1. The van der Waals surface area contributed by atoms with Gasteiger partial charge in [-0.25, -0.2) is 0 Å². The molecule has 0 aliphatic heterocycles. The molecule has 50 valence electrons. The van der Waals surface area contributed by atoms with Crippen LogP contribution >= 0.6 is 11.3 Å². The lowest BCUT2D eigenvalue weighted by molar-refractivity contribution is 0.914. The minimum Gasteiger partial charge on any atom is -0.374 e. The zero-order chi connectivity index (χ0) is 6.69. The van der Waals surface area contributed by atoms with E-state index in [4.69, 9.17) is 11.5 Å². The molecule has 0 amide bonds. The molecular formula is C4H8N4S. The molecule has 0 saturated carbocycles. The molecule has 1 aromatic rings. The molecule has 0 aliphatic rings. The highest BCUT2D eigenvalue weighted by molar-refractivity contribution is 7.15. The highest BCUT2D eigenvalue weighted by atomic mass is 32.1. The van der Waals surface area contributed by atoms with Crippen molar-refractivity contribution < 1.29 is 0 Å². The van der Waals surface area contributed by atoms with E-state index in [1.54, 1.807) is 0 Å². The van der Waals surface area contributed by atoms with Gasteiger partial charge in [0.15, 0.2) is 0 Å². The van der Waals surface area contributed by atoms with E-state index in [0.717, 1.165) is 11.4 Å². The van der Waals surface area contributed by atoms with Gasteiger partial charge in [-0.3, -0.25) is 0 Å². The molecular weight excluding hydrogens is 136 g/mol. The monoisotopic (exact) mass is 144 g/mol. The molecule has 4 N–H and O–H groups in total. The van der Waals surface area contributed by atoms with Crippen molar-refractivity contribution in [2.24, 2.45) is 5.73 Å². The Balaban J connectivity index is 2.61. The molecule has 0 aliphatic carbocycles. The van der Waals surface area contributed by atoms with E-state index in [0.29, 0.717) is 11.7 Å². The van der Waals surface area contributed by atoms with Crippen LogP contribution in [0.25, 0.3) is 0 Å². The van der Waals surface area contributed by atoms with Crippen LogP contribution in [0.4, 0.5) is 5.13 Å². The highest BCUT2D eigenvalue weighted by Crippen LogP contribution is 2.09. The van der Waals surface area contributed by atoms with Gasteiger partial charge < -0.3 is 11.5 Å². The summed E-state index contributed by atoms with van der Waals surface area (Å²) in [6, 6.07) is 0. The number of nitrogen functional groups attached to an aromatic ring is 1. The standard InChI is InChI=1S/C4H8N4S/c5-2-1-3-7-8-4(6)9-3/h1-2,5H2,(H2,6,8). The second kappa shape index (κ2) is 2.75. The van der Waals surface area contributed by atoms with Crippen molar-refractivity contribution in [3.8, 4) is 0 Å². The first-order chi connectivity index (χ1) is 4.33. The van der Waals surface area contributed by atoms with Gasteiger partial charge in [-0.2, -0.15) is 0 Å². The number of hydrogen-bond acceptors (Lipinski definition) is 5. The van der Waals surface area contributed by atoms with Crippen molar-refractivity contribution in [1.29, 1.82) is 0 Å². The van der Waals surface area contributed by atoms with Crippen LogP contribution < -0.4 is 11.5 Å². The summed E-state index contributed by atoms with van der Waals surface area (Å²) in [6.45, 7) is 0.606. The molecule has 9 heavy (non-hydrogen) atoms. The zero-order valence-electron chi connectivity index (χ0n) is 4.87. The van der Waals surface area contributed by atoms with Crippen LogP contribution in [0.2, 0.25) is 0 Å². The van der Waals surface area contributed by atoms with E-state index in [2.05, 4.69) is 10.2 Å². The van der Waals surface area contributed by atoms with E-state index < -0.39 is 0 Å². The molecule has 0 fully saturated rings. The van der Waals surface area contributed by atoms with Gasteiger partial charge in [-0.05, 0) is 6.54 Å². The first kappa shape index (κ1) is 6.44. The van der Waals surface area contributed by atoms with Crippen LogP contribution in [0, 0.1) is 0 Å². The summed E-state index contributed by atoms with van der Waals surface area (Å²) in [7, 11) is 0. The van der Waals surface area contributed by atoms with Crippen molar-refractivity contribution in [3.63, 3.8) is 0 Å². The van der Waals surface area contributed by atoms with Crippen LogP contribution in [0.15, 0.2) is 0 Å². The fraction of sp³-hybridized carbons (Fsp3) is 0.500. The maximum Gasteiger partial charge on any atom is 0.203 e. The molecule has 0 aromatic carbocycles. The van der Waals surface area contributed by atoms with Crippen LogP contribution in [0.3, 0.4) is 0 Å². The van der Waals surface area contributed by atoms with Gasteiger partial charge >= 0.3 is 0 Å².